The Morgan fingerprint density at radius 3 is 2.44 bits per heavy atom. The second-order valence-corrected chi connectivity index (χ2v) is 4.61. The number of anilines is 1. The van der Waals surface area contributed by atoms with E-state index < -0.39 is 0 Å². The van der Waals surface area contributed by atoms with E-state index in [-0.39, 0.29) is 17.8 Å². The van der Waals surface area contributed by atoms with Crippen molar-refractivity contribution in [3.8, 4) is 0 Å². The molecule has 1 aromatic rings. The van der Waals surface area contributed by atoms with E-state index in [1.54, 1.807) is 31.2 Å². The molecule has 0 radical (unpaired) electrons. The Morgan fingerprint density at radius 1 is 1.33 bits per heavy atom. The van der Waals surface area contributed by atoms with Gasteiger partial charge >= 0.3 is 5.97 Å². The number of nitrogens with one attached hydrogen (secondary N) is 1. The largest absolute Gasteiger partial charge is 0.462 e. The van der Waals surface area contributed by atoms with Gasteiger partial charge in [-0.15, -0.1) is 0 Å². The molecular weight excluding hydrogens is 230 g/mol. The molecule has 2 unspecified atom stereocenters. The molecule has 0 bridgehead atoms. The van der Waals surface area contributed by atoms with E-state index in [0.717, 1.165) is 6.42 Å². The molecule has 1 aliphatic carbocycles. The molecule has 1 aromatic carbocycles. The van der Waals surface area contributed by atoms with Crippen molar-refractivity contribution in [3.05, 3.63) is 29.8 Å². The Hall–Kier alpha value is -1.84. The third-order valence-corrected chi connectivity index (χ3v) is 3.11. The Bertz CT molecular complexity index is 453. The van der Waals surface area contributed by atoms with Crippen molar-refractivity contribution < 1.29 is 14.3 Å². The second kappa shape index (κ2) is 5.21. The van der Waals surface area contributed by atoms with Crippen molar-refractivity contribution >= 4 is 17.6 Å². The van der Waals surface area contributed by atoms with Gasteiger partial charge in [0.25, 0.3) is 0 Å². The molecule has 2 atom stereocenters. The smallest absolute Gasteiger partial charge is 0.338 e. The summed E-state index contributed by atoms with van der Waals surface area (Å²) in [4.78, 5) is 23.1. The van der Waals surface area contributed by atoms with Gasteiger partial charge in [-0.2, -0.15) is 0 Å². The number of hydrogen-bond donors (Lipinski definition) is 1. The summed E-state index contributed by atoms with van der Waals surface area (Å²) in [5.41, 5.74) is 1.21. The Morgan fingerprint density at radius 2 is 1.94 bits per heavy atom. The third-order valence-electron chi connectivity index (χ3n) is 3.11. The van der Waals surface area contributed by atoms with E-state index in [9.17, 15) is 9.59 Å². The minimum atomic E-state index is -0.341. The van der Waals surface area contributed by atoms with Gasteiger partial charge in [-0.25, -0.2) is 4.79 Å². The summed E-state index contributed by atoms with van der Waals surface area (Å²) < 4.78 is 4.88. The van der Waals surface area contributed by atoms with Crippen LogP contribution in [0.5, 0.6) is 0 Å². The fraction of sp³-hybridized carbons (Fsp3) is 0.429. The van der Waals surface area contributed by atoms with E-state index >= 15 is 0 Å². The van der Waals surface area contributed by atoms with Crippen LogP contribution < -0.4 is 5.32 Å². The average Bonchev–Trinajstić information content (AvgIpc) is 3.08. The predicted molar refractivity (Wildman–Crippen MR) is 68.3 cm³/mol. The fourth-order valence-corrected chi connectivity index (χ4v) is 1.83. The van der Waals surface area contributed by atoms with E-state index in [1.807, 2.05) is 0 Å². The van der Waals surface area contributed by atoms with Crippen LogP contribution in [-0.2, 0) is 9.53 Å². The van der Waals surface area contributed by atoms with Crippen molar-refractivity contribution in [3.63, 3.8) is 0 Å². The summed E-state index contributed by atoms with van der Waals surface area (Å²) in [6, 6.07) is 6.75. The van der Waals surface area contributed by atoms with Crippen molar-refractivity contribution in [2.75, 3.05) is 11.9 Å². The van der Waals surface area contributed by atoms with E-state index in [0.29, 0.717) is 23.8 Å². The molecular formula is C14H17NO3. The van der Waals surface area contributed by atoms with Crippen LogP contribution in [0.15, 0.2) is 24.3 Å². The summed E-state index contributed by atoms with van der Waals surface area (Å²) in [5.74, 6) is 0.358. The maximum absolute atomic E-state index is 11.7. The lowest BCUT2D eigenvalue weighted by Gasteiger charge is -2.06. The van der Waals surface area contributed by atoms with E-state index in [4.69, 9.17) is 4.74 Å². The lowest BCUT2D eigenvalue weighted by molar-refractivity contribution is -0.117. The Kier molecular flexibility index (Phi) is 3.65. The van der Waals surface area contributed by atoms with Gasteiger partial charge in [0.2, 0.25) is 5.91 Å². The summed E-state index contributed by atoms with van der Waals surface area (Å²) in [7, 11) is 0. The maximum Gasteiger partial charge on any atom is 0.338 e. The van der Waals surface area contributed by atoms with Crippen LogP contribution in [0.25, 0.3) is 0 Å². The molecule has 4 heteroatoms. The zero-order valence-corrected chi connectivity index (χ0v) is 10.6. The number of ether oxygens (including phenoxy) is 1. The highest BCUT2D eigenvalue weighted by Gasteiger charge is 2.38. The monoisotopic (exact) mass is 247 g/mol. The van der Waals surface area contributed by atoms with Crippen LogP contribution >= 0.6 is 0 Å². The molecule has 0 heterocycles. The average molecular weight is 247 g/mol. The van der Waals surface area contributed by atoms with Gasteiger partial charge in [0.1, 0.15) is 0 Å². The maximum atomic E-state index is 11.7. The van der Waals surface area contributed by atoms with Gasteiger partial charge in [0.15, 0.2) is 0 Å². The van der Waals surface area contributed by atoms with E-state index in [2.05, 4.69) is 12.2 Å². The lowest BCUT2D eigenvalue weighted by Crippen LogP contribution is -2.14. The van der Waals surface area contributed by atoms with E-state index in [1.165, 1.54) is 0 Å². The van der Waals surface area contributed by atoms with Crippen LogP contribution in [0, 0.1) is 11.8 Å². The highest BCUT2D eigenvalue weighted by molar-refractivity contribution is 5.95. The molecule has 4 nitrogen and oxygen atoms in total. The number of carbonyl (C=O) groups excluding carboxylic acids is 2. The highest BCUT2D eigenvalue weighted by atomic mass is 16.5. The minimum absolute atomic E-state index is 0.0615. The Labute approximate surface area is 106 Å². The molecule has 0 aliphatic heterocycles. The third kappa shape index (κ3) is 2.88. The molecule has 18 heavy (non-hydrogen) atoms. The molecule has 0 aromatic heterocycles. The number of esters is 1. The molecule has 96 valence electrons. The zero-order chi connectivity index (χ0) is 13.1. The minimum Gasteiger partial charge on any atom is -0.462 e. The number of benzene rings is 1. The molecule has 0 spiro atoms. The normalized spacial score (nSPS) is 21.2. The zero-order valence-electron chi connectivity index (χ0n) is 10.6. The topological polar surface area (TPSA) is 55.4 Å². The number of rotatable bonds is 4. The van der Waals surface area contributed by atoms with Gasteiger partial charge in [-0.3, -0.25) is 4.79 Å². The summed E-state index contributed by atoms with van der Waals surface area (Å²) in [5, 5.41) is 2.84. The fourth-order valence-electron chi connectivity index (χ4n) is 1.83. The lowest BCUT2D eigenvalue weighted by atomic mass is 10.2. The van der Waals surface area contributed by atoms with Gasteiger partial charge < -0.3 is 10.1 Å². The standard InChI is InChI=1S/C14H17NO3/c1-3-18-14(17)10-4-6-11(7-5-10)15-13(16)12-8-9(12)2/h4-7,9,12H,3,8H2,1-2H3,(H,15,16). The molecule has 0 saturated heterocycles. The second-order valence-electron chi connectivity index (χ2n) is 4.61. The molecule has 1 fully saturated rings. The summed E-state index contributed by atoms with van der Waals surface area (Å²) >= 11 is 0. The first-order chi connectivity index (χ1) is 8.61. The van der Waals surface area contributed by atoms with Gasteiger partial charge in [0, 0.05) is 11.6 Å². The molecule has 1 amide bonds. The first-order valence-corrected chi connectivity index (χ1v) is 6.20. The quantitative estimate of drug-likeness (QED) is 0.831. The van der Waals surface area contributed by atoms with Crippen molar-refractivity contribution in [2.24, 2.45) is 11.8 Å². The van der Waals surface area contributed by atoms with Crippen molar-refractivity contribution in [2.45, 2.75) is 20.3 Å². The van der Waals surface area contributed by atoms with Gasteiger partial charge in [-0.05, 0) is 43.5 Å². The van der Waals surface area contributed by atoms with Crippen LogP contribution in [-0.4, -0.2) is 18.5 Å². The Balaban J connectivity index is 1.95. The number of carbonyl (C=O) groups is 2. The van der Waals surface area contributed by atoms with Gasteiger partial charge in [0.05, 0.1) is 12.2 Å². The van der Waals surface area contributed by atoms with Crippen molar-refractivity contribution in [1.29, 1.82) is 0 Å². The van der Waals surface area contributed by atoms with Crippen LogP contribution in [0.4, 0.5) is 5.69 Å². The molecule has 1 aliphatic rings. The van der Waals surface area contributed by atoms with Crippen LogP contribution in [0.2, 0.25) is 0 Å². The van der Waals surface area contributed by atoms with Gasteiger partial charge in [-0.1, -0.05) is 6.92 Å². The molecule has 1 N–H and O–H groups in total. The first-order valence-electron chi connectivity index (χ1n) is 6.20. The summed E-state index contributed by atoms with van der Waals surface area (Å²) in [6.45, 7) is 4.19. The van der Waals surface area contributed by atoms with Crippen molar-refractivity contribution in [1.82, 2.24) is 0 Å². The number of hydrogen-bond acceptors (Lipinski definition) is 3. The molecule has 2 rings (SSSR count). The highest BCUT2D eigenvalue weighted by Crippen LogP contribution is 2.38. The molecule has 1 saturated carbocycles. The van der Waals surface area contributed by atoms with Crippen LogP contribution in [0.1, 0.15) is 30.6 Å². The summed E-state index contributed by atoms with van der Waals surface area (Å²) in [6.07, 6.45) is 0.965. The first kappa shape index (κ1) is 12.6. The number of amides is 1. The SMILES string of the molecule is CCOC(=O)c1ccc(NC(=O)C2CC2C)cc1. The van der Waals surface area contributed by atoms with Crippen LogP contribution in [0.3, 0.4) is 0 Å². The predicted octanol–water partition coefficient (Wildman–Crippen LogP) is 2.46.